The molecule has 3 aromatic carbocycles. The molecule has 2 N–H and O–H groups in total. The van der Waals surface area contributed by atoms with E-state index in [1.54, 1.807) is 24.3 Å². The van der Waals surface area contributed by atoms with Crippen molar-refractivity contribution in [3.8, 4) is 5.75 Å². The van der Waals surface area contributed by atoms with Crippen LogP contribution in [0.3, 0.4) is 0 Å². The summed E-state index contributed by atoms with van der Waals surface area (Å²) in [6.07, 6.45) is -0.526. The van der Waals surface area contributed by atoms with Crippen LogP contribution in [0.2, 0.25) is 0 Å². The number of nitro groups is 1. The van der Waals surface area contributed by atoms with Gasteiger partial charge in [-0.15, -0.1) is 0 Å². The molecule has 0 radical (unpaired) electrons. The standard InChI is InChI=1S/C31H37N3O8S/c1-22(2)19-33(43(39,40)26-14-12-24(13-15-26)34(37)38)20-29(35)28(18-23-8-4-3-5-9-23)32-31(36)27-10-6-7-11-30(27)42-25-16-17-41-21-25/h3-15,22,25,28-29,35H,16-21H2,1-2H3,(H,32,36)/t25-,28-,29+/m0/s1. The Kier molecular flexibility index (Phi) is 10.9. The van der Waals surface area contributed by atoms with Crippen LogP contribution in [-0.2, 0) is 21.2 Å². The van der Waals surface area contributed by atoms with Crippen LogP contribution in [0.15, 0.2) is 83.8 Å². The van der Waals surface area contributed by atoms with Crippen molar-refractivity contribution in [1.29, 1.82) is 0 Å². The lowest BCUT2D eigenvalue weighted by Crippen LogP contribution is -2.51. The lowest BCUT2D eigenvalue weighted by atomic mass is 10.00. The molecule has 1 saturated heterocycles. The number of hydrogen-bond donors (Lipinski definition) is 2. The van der Waals surface area contributed by atoms with E-state index >= 15 is 0 Å². The molecule has 1 aliphatic heterocycles. The number of rotatable bonds is 14. The molecule has 1 amide bonds. The molecule has 3 aromatic rings. The summed E-state index contributed by atoms with van der Waals surface area (Å²) in [5, 5.41) is 25.5. The fourth-order valence-corrected chi connectivity index (χ4v) is 6.46. The molecule has 4 rings (SSSR count). The monoisotopic (exact) mass is 611 g/mol. The fourth-order valence-electron chi connectivity index (χ4n) is 4.84. The van der Waals surface area contributed by atoms with Gasteiger partial charge < -0.3 is 19.9 Å². The van der Waals surface area contributed by atoms with Crippen LogP contribution in [0.5, 0.6) is 5.75 Å². The number of carbonyl (C=O) groups excluding carboxylic acids is 1. The number of benzene rings is 3. The number of amides is 1. The number of nitro benzene ring substituents is 1. The molecule has 0 saturated carbocycles. The van der Waals surface area contributed by atoms with Crippen LogP contribution >= 0.6 is 0 Å². The zero-order valence-corrected chi connectivity index (χ0v) is 25.0. The summed E-state index contributed by atoms with van der Waals surface area (Å²) in [6, 6.07) is 19.9. The third kappa shape index (κ3) is 8.60. The molecule has 43 heavy (non-hydrogen) atoms. The number of sulfonamides is 1. The van der Waals surface area contributed by atoms with E-state index in [4.69, 9.17) is 9.47 Å². The Bertz CT molecular complexity index is 1480. The minimum absolute atomic E-state index is 0.0858. The van der Waals surface area contributed by atoms with Gasteiger partial charge in [0.25, 0.3) is 11.6 Å². The Morgan fingerprint density at radius 1 is 1.07 bits per heavy atom. The number of aliphatic hydroxyl groups is 1. The molecule has 11 nitrogen and oxygen atoms in total. The van der Waals surface area contributed by atoms with Crippen molar-refractivity contribution in [2.75, 3.05) is 26.3 Å². The summed E-state index contributed by atoms with van der Waals surface area (Å²) in [7, 11) is -4.13. The Hall–Kier alpha value is -3.84. The zero-order chi connectivity index (χ0) is 31.0. The van der Waals surface area contributed by atoms with Crippen LogP contribution in [0.4, 0.5) is 5.69 Å². The average Bonchev–Trinajstić information content (AvgIpc) is 3.50. The first kappa shape index (κ1) is 32.1. The second-order valence-electron chi connectivity index (χ2n) is 10.9. The Morgan fingerprint density at radius 3 is 2.37 bits per heavy atom. The predicted octanol–water partition coefficient (Wildman–Crippen LogP) is 3.81. The smallest absolute Gasteiger partial charge is 0.269 e. The molecule has 12 heteroatoms. The first-order valence-electron chi connectivity index (χ1n) is 14.2. The predicted molar refractivity (Wildman–Crippen MR) is 160 cm³/mol. The van der Waals surface area contributed by atoms with Gasteiger partial charge in [-0.3, -0.25) is 14.9 Å². The maximum atomic E-state index is 13.6. The lowest BCUT2D eigenvalue weighted by Gasteiger charge is -2.31. The van der Waals surface area contributed by atoms with Gasteiger partial charge in [0, 0.05) is 31.6 Å². The summed E-state index contributed by atoms with van der Waals surface area (Å²) in [6.45, 7) is 4.48. The maximum absolute atomic E-state index is 13.6. The molecule has 0 aromatic heterocycles. The van der Waals surface area contributed by atoms with Gasteiger partial charge in [0.05, 0.1) is 40.7 Å². The van der Waals surface area contributed by atoms with E-state index in [2.05, 4.69) is 5.32 Å². The van der Waals surface area contributed by atoms with Crippen molar-refractivity contribution in [2.45, 2.75) is 49.8 Å². The van der Waals surface area contributed by atoms with E-state index in [0.29, 0.717) is 25.4 Å². The van der Waals surface area contributed by atoms with Crippen molar-refractivity contribution in [2.24, 2.45) is 5.92 Å². The largest absolute Gasteiger partial charge is 0.487 e. The highest BCUT2D eigenvalue weighted by Gasteiger charge is 2.32. The van der Waals surface area contributed by atoms with Gasteiger partial charge in [0.2, 0.25) is 10.0 Å². The summed E-state index contributed by atoms with van der Waals surface area (Å²) in [5.74, 6) is -0.167. The summed E-state index contributed by atoms with van der Waals surface area (Å²) < 4.78 is 39.9. The van der Waals surface area contributed by atoms with Crippen molar-refractivity contribution in [1.82, 2.24) is 9.62 Å². The van der Waals surface area contributed by atoms with Gasteiger partial charge in [0.1, 0.15) is 11.9 Å². The Labute approximate surface area is 251 Å². The number of hydrogen-bond acceptors (Lipinski definition) is 8. The van der Waals surface area contributed by atoms with Crippen molar-refractivity contribution in [3.05, 3.63) is 100 Å². The van der Waals surface area contributed by atoms with Crippen LogP contribution < -0.4 is 10.1 Å². The van der Waals surface area contributed by atoms with E-state index in [1.807, 2.05) is 44.2 Å². The Morgan fingerprint density at radius 2 is 1.74 bits per heavy atom. The van der Waals surface area contributed by atoms with Crippen molar-refractivity contribution in [3.63, 3.8) is 0 Å². The van der Waals surface area contributed by atoms with Gasteiger partial charge >= 0.3 is 0 Å². The number of nitrogens with zero attached hydrogens (tertiary/aromatic N) is 2. The average molecular weight is 612 g/mol. The SMILES string of the molecule is CC(C)CN(C[C@@H](O)[C@H](Cc1ccccc1)NC(=O)c1ccccc1O[C@H]1CCOC1)S(=O)(=O)c1ccc([N+](=O)[O-])cc1. The summed E-state index contributed by atoms with van der Waals surface area (Å²) in [5.41, 5.74) is 0.898. The Balaban J connectivity index is 1.59. The third-order valence-electron chi connectivity index (χ3n) is 7.04. The molecular formula is C31H37N3O8S. The lowest BCUT2D eigenvalue weighted by molar-refractivity contribution is -0.384. The van der Waals surface area contributed by atoms with Gasteiger partial charge in [0.15, 0.2) is 0 Å². The number of ether oxygens (including phenoxy) is 2. The highest BCUT2D eigenvalue weighted by molar-refractivity contribution is 7.89. The first-order valence-corrected chi connectivity index (χ1v) is 15.6. The number of nitrogens with one attached hydrogen (secondary N) is 1. The number of aliphatic hydroxyl groups excluding tert-OH is 1. The van der Waals surface area contributed by atoms with E-state index in [1.165, 1.54) is 12.1 Å². The quantitative estimate of drug-likeness (QED) is 0.207. The molecule has 230 valence electrons. The molecule has 0 bridgehead atoms. The molecule has 0 spiro atoms. The van der Waals surface area contributed by atoms with Gasteiger partial charge in [-0.05, 0) is 42.2 Å². The van der Waals surface area contributed by atoms with Gasteiger partial charge in [-0.25, -0.2) is 8.42 Å². The van der Waals surface area contributed by atoms with Crippen LogP contribution in [-0.4, -0.2) is 73.2 Å². The van der Waals surface area contributed by atoms with Crippen molar-refractivity contribution >= 4 is 21.6 Å². The molecule has 1 aliphatic rings. The molecule has 1 heterocycles. The van der Waals surface area contributed by atoms with Crippen LogP contribution in [0.25, 0.3) is 0 Å². The highest BCUT2D eigenvalue weighted by atomic mass is 32.2. The molecule has 1 fully saturated rings. The molecular weight excluding hydrogens is 574 g/mol. The minimum atomic E-state index is -4.13. The summed E-state index contributed by atoms with van der Waals surface area (Å²) >= 11 is 0. The molecule has 0 unspecified atom stereocenters. The third-order valence-corrected chi connectivity index (χ3v) is 8.88. The normalized spacial score (nSPS) is 16.6. The number of non-ortho nitro benzene ring substituents is 1. The second-order valence-corrected chi connectivity index (χ2v) is 12.8. The minimum Gasteiger partial charge on any atom is -0.487 e. The second kappa shape index (κ2) is 14.6. The first-order chi connectivity index (χ1) is 20.5. The fraction of sp³-hybridized carbons (Fsp3) is 0.387. The number of para-hydroxylation sites is 1. The van der Waals surface area contributed by atoms with Gasteiger partial charge in [-0.1, -0.05) is 56.3 Å². The highest BCUT2D eigenvalue weighted by Crippen LogP contribution is 2.24. The zero-order valence-electron chi connectivity index (χ0n) is 24.2. The van der Waals surface area contributed by atoms with Crippen molar-refractivity contribution < 1.29 is 32.7 Å². The topological polar surface area (TPSA) is 148 Å². The van der Waals surface area contributed by atoms with E-state index in [9.17, 15) is 28.4 Å². The van der Waals surface area contributed by atoms with Crippen LogP contribution in [0, 0.1) is 16.0 Å². The maximum Gasteiger partial charge on any atom is 0.269 e. The van der Waals surface area contributed by atoms with E-state index in [-0.39, 0.29) is 47.7 Å². The van der Waals surface area contributed by atoms with E-state index in [0.717, 1.165) is 22.0 Å². The molecule has 0 aliphatic carbocycles. The number of carbonyl (C=O) groups is 1. The van der Waals surface area contributed by atoms with E-state index < -0.39 is 33.0 Å². The van der Waals surface area contributed by atoms with Gasteiger partial charge in [-0.2, -0.15) is 4.31 Å². The van der Waals surface area contributed by atoms with Crippen LogP contribution in [0.1, 0.15) is 36.2 Å². The summed E-state index contributed by atoms with van der Waals surface area (Å²) in [4.78, 5) is 23.9. The molecule has 3 atom stereocenters.